The molecule has 2 fully saturated rings. The van der Waals surface area contributed by atoms with Gasteiger partial charge in [-0.3, -0.25) is 0 Å². The van der Waals surface area contributed by atoms with Gasteiger partial charge in [0, 0.05) is 17.2 Å². The molecule has 2 unspecified atom stereocenters. The van der Waals surface area contributed by atoms with Crippen molar-refractivity contribution in [3.05, 3.63) is 0 Å². The molecular weight excluding hydrogens is 180 g/mol. The number of nitrogens with one attached hydrogen (secondary N) is 1. The van der Waals surface area contributed by atoms with Crippen molar-refractivity contribution in [1.29, 1.82) is 0 Å². The molecule has 2 atom stereocenters. The molecule has 2 heterocycles. The number of alkyl halides is 2. The van der Waals surface area contributed by atoms with Crippen LogP contribution in [0.25, 0.3) is 0 Å². The predicted molar refractivity (Wildman–Crippen MR) is 46.8 cm³/mol. The molecule has 0 aromatic carbocycles. The van der Waals surface area contributed by atoms with Gasteiger partial charge in [0.15, 0.2) is 0 Å². The Labute approximate surface area is 75.3 Å². The van der Waals surface area contributed by atoms with E-state index in [1.54, 1.807) is 11.8 Å². The highest BCUT2D eigenvalue weighted by Gasteiger charge is 2.49. The molecule has 2 aliphatic heterocycles. The van der Waals surface area contributed by atoms with E-state index in [-0.39, 0.29) is 10.7 Å². The van der Waals surface area contributed by atoms with E-state index in [2.05, 4.69) is 5.32 Å². The summed E-state index contributed by atoms with van der Waals surface area (Å²) >= 11 is 1.75. The molecule has 0 aliphatic carbocycles. The number of halogens is 2. The monoisotopic (exact) mass is 193 g/mol. The Bertz CT molecular complexity index is 163. The number of thioether (sulfide) groups is 1. The Kier molecular flexibility index (Phi) is 2.29. The van der Waals surface area contributed by atoms with Crippen LogP contribution in [0.3, 0.4) is 0 Å². The summed E-state index contributed by atoms with van der Waals surface area (Å²) in [7, 11) is 0. The fourth-order valence-corrected chi connectivity index (χ4v) is 3.91. The lowest BCUT2D eigenvalue weighted by molar-refractivity contribution is 0.0610. The largest absolute Gasteiger partial charge is 0.315 e. The van der Waals surface area contributed by atoms with Gasteiger partial charge in [0.1, 0.15) is 0 Å². The Hall–Kier alpha value is 0.170. The summed E-state index contributed by atoms with van der Waals surface area (Å²) in [6.45, 7) is 1.70. The summed E-state index contributed by atoms with van der Waals surface area (Å²) in [5, 5.41) is 3.19. The molecule has 2 rings (SSSR count). The molecule has 0 aromatic heterocycles. The highest BCUT2D eigenvalue weighted by atomic mass is 32.2. The van der Waals surface area contributed by atoms with E-state index in [0.717, 1.165) is 25.3 Å². The summed E-state index contributed by atoms with van der Waals surface area (Å²) in [6, 6.07) is 0. The number of rotatable bonds is 1. The van der Waals surface area contributed by atoms with Crippen molar-refractivity contribution in [2.24, 2.45) is 5.92 Å². The Morgan fingerprint density at radius 3 is 2.92 bits per heavy atom. The van der Waals surface area contributed by atoms with Crippen LogP contribution in [-0.4, -0.2) is 30.0 Å². The van der Waals surface area contributed by atoms with E-state index in [9.17, 15) is 8.78 Å². The summed E-state index contributed by atoms with van der Waals surface area (Å²) in [4.78, 5) is 0. The normalized spacial score (nSPS) is 41.8. The maximum atomic E-state index is 12.6. The maximum Gasteiger partial charge on any atom is 0.242 e. The number of hydrogen-bond acceptors (Lipinski definition) is 2. The minimum atomic E-state index is -2.13. The van der Waals surface area contributed by atoms with Crippen LogP contribution in [0.2, 0.25) is 0 Å². The molecule has 2 saturated heterocycles. The molecule has 4 heteroatoms. The first-order valence-electron chi connectivity index (χ1n) is 4.37. The third kappa shape index (κ3) is 1.25. The molecule has 0 bridgehead atoms. The molecule has 0 aromatic rings. The van der Waals surface area contributed by atoms with E-state index in [1.165, 1.54) is 0 Å². The lowest BCUT2D eigenvalue weighted by Gasteiger charge is -2.28. The van der Waals surface area contributed by atoms with Gasteiger partial charge in [-0.05, 0) is 25.1 Å². The highest BCUT2D eigenvalue weighted by molar-refractivity contribution is 8.01. The van der Waals surface area contributed by atoms with Gasteiger partial charge in [-0.2, -0.15) is 11.8 Å². The number of hydrogen-bond donors (Lipinski definition) is 1. The van der Waals surface area contributed by atoms with Crippen molar-refractivity contribution in [2.75, 3.05) is 18.8 Å². The lowest BCUT2D eigenvalue weighted by atomic mass is 9.89. The van der Waals surface area contributed by atoms with Crippen LogP contribution in [0, 0.1) is 5.92 Å². The molecule has 0 amide bonds. The topological polar surface area (TPSA) is 12.0 Å². The standard InChI is InChI=1S/C8H13F2NS/c9-7(10)6-1-4-12-8(6)2-3-11-5-8/h6-7,11H,1-5H2. The molecular formula is C8H13F2NS. The van der Waals surface area contributed by atoms with Gasteiger partial charge in [-0.15, -0.1) is 0 Å². The van der Waals surface area contributed by atoms with Crippen LogP contribution < -0.4 is 5.32 Å². The molecule has 1 N–H and O–H groups in total. The first-order chi connectivity index (χ1) is 5.75. The lowest BCUT2D eigenvalue weighted by Crippen LogP contribution is -2.36. The highest BCUT2D eigenvalue weighted by Crippen LogP contribution is 2.49. The SMILES string of the molecule is FC(F)C1CCSC12CCNC2. The first-order valence-corrected chi connectivity index (χ1v) is 5.36. The molecule has 1 spiro atoms. The zero-order chi connectivity index (χ0) is 8.60. The van der Waals surface area contributed by atoms with Gasteiger partial charge in [-0.25, -0.2) is 8.78 Å². The zero-order valence-corrected chi connectivity index (χ0v) is 7.67. The second kappa shape index (κ2) is 3.14. The average Bonchev–Trinajstić information content (AvgIpc) is 2.61. The molecule has 0 radical (unpaired) electrons. The zero-order valence-electron chi connectivity index (χ0n) is 6.85. The summed E-state index contributed by atoms with van der Waals surface area (Å²) in [5.41, 5.74) is 0. The summed E-state index contributed by atoms with van der Waals surface area (Å²) in [5.74, 6) is 0.550. The van der Waals surface area contributed by atoms with Crippen LogP contribution in [0.5, 0.6) is 0 Å². The van der Waals surface area contributed by atoms with Gasteiger partial charge >= 0.3 is 0 Å². The van der Waals surface area contributed by atoms with E-state index < -0.39 is 6.43 Å². The Morgan fingerprint density at radius 1 is 1.50 bits per heavy atom. The minimum Gasteiger partial charge on any atom is -0.315 e. The molecule has 1 nitrogen and oxygen atoms in total. The second-order valence-corrected chi connectivity index (χ2v) is 5.08. The third-order valence-electron chi connectivity index (χ3n) is 2.95. The minimum absolute atomic E-state index is 0.117. The molecule has 12 heavy (non-hydrogen) atoms. The van der Waals surface area contributed by atoms with Crippen LogP contribution in [0.4, 0.5) is 8.78 Å². The van der Waals surface area contributed by atoms with Gasteiger partial charge in [0.25, 0.3) is 0 Å². The smallest absolute Gasteiger partial charge is 0.242 e. The average molecular weight is 193 g/mol. The Morgan fingerprint density at radius 2 is 2.33 bits per heavy atom. The van der Waals surface area contributed by atoms with Crippen LogP contribution in [0.1, 0.15) is 12.8 Å². The summed E-state index contributed by atoms with van der Waals surface area (Å²) < 4.78 is 25.1. The molecule has 70 valence electrons. The third-order valence-corrected chi connectivity index (χ3v) is 4.61. The molecule has 0 saturated carbocycles. The van der Waals surface area contributed by atoms with Crippen molar-refractivity contribution < 1.29 is 8.78 Å². The van der Waals surface area contributed by atoms with Crippen LogP contribution in [0.15, 0.2) is 0 Å². The van der Waals surface area contributed by atoms with Gasteiger partial charge < -0.3 is 5.32 Å². The van der Waals surface area contributed by atoms with E-state index in [4.69, 9.17) is 0 Å². The van der Waals surface area contributed by atoms with Gasteiger partial charge in [0.2, 0.25) is 6.43 Å². The van der Waals surface area contributed by atoms with E-state index in [1.807, 2.05) is 0 Å². The fraction of sp³-hybridized carbons (Fsp3) is 1.00. The van der Waals surface area contributed by atoms with Crippen molar-refractivity contribution in [3.8, 4) is 0 Å². The Balaban J connectivity index is 2.12. The van der Waals surface area contributed by atoms with E-state index >= 15 is 0 Å². The summed E-state index contributed by atoms with van der Waals surface area (Å²) in [6.07, 6.45) is -0.503. The van der Waals surface area contributed by atoms with Crippen molar-refractivity contribution in [2.45, 2.75) is 24.0 Å². The van der Waals surface area contributed by atoms with Gasteiger partial charge in [0.05, 0.1) is 0 Å². The molecule has 2 aliphatic rings. The van der Waals surface area contributed by atoms with Gasteiger partial charge in [-0.1, -0.05) is 0 Å². The van der Waals surface area contributed by atoms with Crippen molar-refractivity contribution >= 4 is 11.8 Å². The quantitative estimate of drug-likeness (QED) is 0.680. The maximum absolute atomic E-state index is 12.6. The first kappa shape index (κ1) is 8.75. The second-order valence-electron chi connectivity index (χ2n) is 3.57. The van der Waals surface area contributed by atoms with Crippen molar-refractivity contribution in [3.63, 3.8) is 0 Å². The van der Waals surface area contributed by atoms with Crippen LogP contribution >= 0.6 is 11.8 Å². The van der Waals surface area contributed by atoms with Crippen LogP contribution in [-0.2, 0) is 0 Å². The van der Waals surface area contributed by atoms with E-state index in [0.29, 0.717) is 6.42 Å². The van der Waals surface area contributed by atoms with Crippen molar-refractivity contribution in [1.82, 2.24) is 5.32 Å². The fourth-order valence-electron chi connectivity index (χ4n) is 2.24. The predicted octanol–water partition coefficient (Wildman–Crippen LogP) is 1.74.